The summed E-state index contributed by atoms with van der Waals surface area (Å²) in [7, 11) is 1.83. The molecule has 3 nitrogen and oxygen atoms in total. The van der Waals surface area contributed by atoms with E-state index in [0.717, 1.165) is 5.92 Å². The first-order chi connectivity index (χ1) is 6.44. The van der Waals surface area contributed by atoms with Crippen LogP contribution in [0.3, 0.4) is 0 Å². The second kappa shape index (κ2) is 2.71. The smallest absolute Gasteiger partial charge is 0.0661 e. The van der Waals surface area contributed by atoms with E-state index in [4.69, 9.17) is 0 Å². The Bertz CT molecular complexity index is 264. The van der Waals surface area contributed by atoms with Crippen molar-refractivity contribution >= 4 is 0 Å². The zero-order chi connectivity index (χ0) is 10.6. The first kappa shape index (κ1) is 9.94. The summed E-state index contributed by atoms with van der Waals surface area (Å²) in [5, 5.41) is 4.80. The van der Waals surface area contributed by atoms with Gasteiger partial charge in [0.25, 0.3) is 0 Å². The summed E-state index contributed by atoms with van der Waals surface area (Å²) >= 11 is 0. The van der Waals surface area contributed by atoms with Crippen LogP contribution in [0.1, 0.15) is 40.0 Å². The van der Waals surface area contributed by atoms with Crippen molar-refractivity contribution < 1.29 is 0 Å². The fourth-order valence-corrected chi connectivity index (χ4v) is 3.85. The van der Waals surface area contributed by atoms with E-state index in [-0.39, 0.29) is 11.0 Å². The van der Waals surface area contributed by atoms with Gasteiger partial charge in [-0.15, -0.1) is 4.91 Å². The second-order valence-electron chi connectivity index (χ2n) is 5.68. The van der Waals surface area contributed by atoms with Gasteiger partial charge in [-0.05, 0) is 43.4 Å². The molecule has 80 valence electrons. The van der Waals surface area contributed by atoms with Gasteiger partial charge in [0.1, 0.15) is 0 Å². The minimum Gasteiger partial charge on any atom is -0.257 e. The minimum absolute atomic E-state index is 0.0301. The van der Waals surface area contributed by atoms with Crippen molar-refractivity contribution in [3.63, 3.8) is 0 Å². The summed E-state index contributed by atoms with van der Waals surface area (Å²) < 4.78 is 0. The highest BCUT2D eigenvalue weighted by Crippen LogP contribution is 2.63. The molecule has 0 aromatic carbocycles. The molecule has 0 radical (unpaired) electrons. The molecule has 3 heteroatoms. The standard InChI is InChI=1S/C11H20N2O/c1-10(2)8-5-6-9(7-8)11(10,3)13(4)12-14/h8-9H,5-7H2,1-4H3/t8-,9+,11-/m1/s1. The molecule has 0 saturated heterocycles. The highest BCUT2D eigenvalue weighted by molar-refractivity contribution is 5.13. The van der Waals surface area contributed by atoms with E-state index >= 15 is 0 Å². The quantitative estimate of drug-likeness (QED) is 0.502. The first-order valence-electron chi connectivity index (χ1n) is 5.51. The molecule has 0 unspecified atom stereocenters. The van der Waals surface area contributed by atoms with Gasteiger partial charge in [-0.1, -0.05) is 13.8 Å². The fraction of sp³-hybridized carbons (Fsp3) is 1.00. The van der Waals surface area contributed by atoms with Gasteiger partial charge in [-0.25, -0.2) is 0 Å². The molecule has 0 heterocycles. The van der Waals surface area contributed by atoms with Crippen molar-refractivity contribution in [2.24, 2.45) is 22.5 Å². The molecule has 2 aliphatic rings. The summed E-state index contributed by atoms with van der Waals surface area (Å²) in [5.41, 5.74) is 0.191. The number of fused-ring (bicyclic) bond motifs is 2. The Morgan fingerprint density at radius 3 is 2.21 bits per heavy atom. The maximum absolute atomic E-state index is 10.7. The average molecular weight is 196 g/mol. The molecule has 0 aliphatic heterocycles. The van der Waals surface area contributed by atoms with Crippen LogP contribution in [0.4, 0.5) is 0 Å². The number of hydrogen-bond acceptors (Lipinski definition) is 2. The van der Waals surface area contributed by atoms with Crippen LogP contribution in [0.15, 0.2) is 5.29 Å². The van der Waals surface area contributed by atoms with Gasteiger partial charge in [0, 0.05) is 7.05 Å². The Morgan fingerprint density at radius 2 is 1.79 bits per heavy atom. The van der Waals surface area contributed by atoms with Crippen LogP contribution in [0.5, 0.6) is 0 Å². The van der Waals surface area contributed by atoms with Crippen LogP contribution in [0, 0.1) is 22.2 Å². The van der Waals surface area contributed by atoms with Crippen LogP contribution in [-0.4, -0.2) is 17.6 Å². The number of nitroso groups, excluding NO2 is 1. The molecule has 0 aromatic heterocycles. The molecule has 2 saturated carbocycles. The van der Waals surface area contributed by atoms with Crippen molar-refractivity contribution in [2.45, 2.75) is 45.6 Å². The predicted octanol–water partition coefficient (Wildman–Crippen LogP) is 2.81. The Labute approximate surface area is 85.8 Å². The second-order valence-corrected chi connectivity index (χ2v) is 5.68. The lowest BCUT2D eigenvalue weighted by Crippen LogP contribution is -2.55. The van der Waals surface area contributed by atoms with Crippen molar-refractivity contribution in [2.75, 3.05) is 7.05 Å². The Kier molecular flexibility index (Phi) is 1.92. The third-order valence-corrected chi connectivity index (χ3v) is 5.35. The lowest BCUT2D eigenvalue weighted by atomic mass is 9.64. The van der Waals surface area contributed by atoms with Crippen molar-refractivity contribution in [3.8, 4) is 0 Å². The molecule has 2 aliphatic carbocycles. The largest absolute Gasteiger partial charge is 0.257 e. The molecule has 2 fully saturated rings. The molecule has 0 amide bonds. The lowest BCUT2D eigenvalue weighted by Gasteiger charge is -2.50. The number of hydrogen-bond donors (Lipinski definition) is 0. The van der Waals surface area contributed by atoms with Crippen LogP contribution in [0.2, 0.25) is 0 Å². The number of rotatable bonds is 2. The summed E-state index contributed by atoms with van der Waals surface area (Å²) in [4.78, 5) is 10.7. The highest BCUT2D eigenvalue weighted by Gasteiger charge is 2.62. The van der Waals surface area contributed by atoms with Gasteiger partial charge < -0.3 is 0 Å². The van der Waals surface area contributed by atoms with E-state index in [2.05, 4.69) is 26.1 Å². The van der Waals surface area contributed by atoms with Crippen LogP contribution < -0.4 is 0 Å². The maximum Gasteiger partial charge on any atom is 0.0661 e. The Morgan fingerprint density at radius 1 is 1.21 bits per heavy atom. The zero-order valence-corrected chi connectivity index (χ0v) is 9.58. The van der Waals surface area contributed by atoms with Gasteiger partial charge in [0.2, 0.25) is 0 Å². The molecule has 2 bridgehead atoms. The van der Waals surface area contributed by atoms with E-state index in [1.807, 2.05) is 7.05 Å². The minimum atomic E-state index is -0.0301. The lowest BCUT2D eigenvalue weighted by molar-refractivity contribution is -0.0304. The molecular weight excluding hydrogens is 176 g/mol. The normalized spacial score (nSPS) is 44.0. The van der Waals surface area contributed by atoms with Gasteiger partial charge in [-0.2, -0.15) is 0 Å². The summed E-state index contributed by atoms with van der Waals surface area (Å²) in [6.07, 6.45) is 3.88. The third kappa shape index (κ3) is 0.882. The topological polar surface area (TPSA) is 32.7 Å². The van der Waals surface area contributed by atoms with Gasteiger partial charge in [0.05, 0.1) is 10.8 Å². The third-order valence-electron chi connectivity index (χ3n) is 5.35. The number of nitrogens with zero attached hydrogens (tertiary/aromatic N) is 2. The molecule has 3 atom stereocenters. The van der Waals surface area contributed by atoms with Crippen molar-refractivity contribution in [3.05, 3.63) is 4.91 Å². The van der Waals surface area contributed by atoms with Crippen LogP contribution in [-0.2, 0) is 0 Å². The molecule has 0 aromatic rings. The molecule has 0 N–H and O–H groups in total. The van der Waals surface area contributed by atoms with Gasteiger partial charge in [-0.3, -0.25) is 5.01 Å². The molecular formula is C11H20N2O. The van der Waals surface area contributed by atoms with Crippen LogP contribution in [0.25, 0.3) is 0 Å². The fourth-order valence-electron chi connectivity index (χ4n) is 3.85. The van der Waals surface area contributed by atoms with E-state index in [1.54, 1.807) is 5.01 Å². The SMILES string of the molecule is CN(N=O)[C@]1(C)[C@H]2CC[C@H](C2)C1(C)C. The maximum atomic E-state index is 10.7. The van der Waals surface area contributed by atoms with Crippen molar-refractivity contribution in [1.82, 2.24) is 5.01 Å². The molecule has 14 heavy (non-hydrogen) atoms. The summed E-state index contributed by atoms with van der Waals surface area (Å²) in [5.74, 6) is 1.44. The molecule has 0 spiro atoms. The highest BCUT2D eigenvalue weighted by atomic mass is 16.3. The van der Waals surface area contributed by atoms with Crippen LogP contribution >= 0.6 is 0 Å². The summed E-state index contributed by atoms with van der Waals surface area (Å²) in [6, 6.07) is 0. The van der Waals surface area contributed by atoms with Gasteiger partial charge in [0.15, 0.2) is 0 Å². The summed E-state index contributed by atoms with van der Waals surface area (Å²) in [6.45, 7) is 6.79. The van der Waals surface area contributed by atoms with Gasteiger partial charge >= 0.3 is 0 Å². The van der Waals surface area contributed by atoms with E-state index < -0.39 is 0 Å². The monoisotopic (exact) mass is 196 g/mol. The predicted molar refractivity (Wildman–Crippen MR) is 56.6 cm³/mol. The zero-order valence-electron chi connectivity index (χ0n) is 9.58. The first-order valence-corrected chi connectivity index (χ1v) is 5.51. The Balaban J connectivity index is 2.38. The Hall–Kier alpha value is -0.600. The van der Waals surface area contributed by atoms with E-state index in [1.165, 1.54) is 19.3 Å². The van der Waals surface area contributed by atoms with E-state index in [9.17, 15) is 4.91 Å². The molecule has 2 rings (SSSR count). The van der Waals surface area contributed by atoms with E-state index in [0.29, 0.717) is 5.92 Å². The average Bonchev–Trinajstić information content (AvgIpc) is 2.68. The van der Waals surface area contributed by atoms with Crippen molar-refractivity contribution in [1.29, 1.82) is 0 Å².